The summed E-state index contributed by atoms with van der Waals surface area (Å²) >= 11 is 0. The number of ether oxygens (including phenoxy) is 2. The normalized spacial score (nSPS) is 17.7. The Morgan fingerprint density at radius 3 is 2.58 bits per heavy atom. The lowest BCUT2D eigenvalue weighted by Gasteiger charge is -2.32. The molecule has 0 aromatic heterocycles. The van der Waals surface area contributed by atoms with Crippen molar-refractivity contribution in [1.82, 2.24) is 4.90 Å². The monoisotopic (exact) mass is 350 g/mol. The topological polar surface area (TPSA) is 50.8 Å². The Balaban J connectivity index is 1.65. The average Bonchev–Trinajstić information content (AvgIpc) is 3.09. The highest BCUT2D eigenvalue weighted by Gasteiger charge is 2.36. The van der Waals surface area contributed by atoms with E-state index in [9.17, 15) is 4.79 Å². The van der Waals surface area contributed by atoms with Crippen molar-refractivity contribution >= 4 is 17.7 Å². The maximum Gasteiger partial charge on any atom is 0.255 e. The second-order valence-electron chi connectivity index (χ2n) is 6.62. The van der Waals surface area contributed by atoms with Crippen LogP contribution in [0.2, 0.25) is 0 Å². The number of nitrogens with zero attached hydrogens (tertiary/aromatic N) is 1. The van der Waals surface area contributed by atoms with Crippen LogP contribution in [0.15, 0.2) is 42.0 Å². The van der Waals surface area contributed by atoms with Gasteiger partial charge >= 0.3 is 0 Å². The van der Waals surface area contributed by atoms with Crippen LogP contribution in [-0.2, 0) is 0 Å². The molecule has 2 heterocycles. The number of likely N-dealkylation sites (tertiary alicyclic amines) is 1. The summed E-state index contributed by atoms with van der Waals surface area (Å²) < 4.78 is 10.7. The minimum atomic E-state index is -0.132. The Morgan fingerprint density at radius 1 is 1.12 bits per heavy atom. The molecule has 2 aromatic carbocycles. The zero-order valence-electron chi connectivity index (χ0n) is 15.2. The molecule has 0 saturated carbocycles. The number of hydrogen-bond donors (Lipinski definition) is 1. The number of nitrogens with one attached hydrogen (secondary N) is 1. The summed E-state index contributed by atoms with van der Waals surface area (Å²) in [6, 6.07) is 11.3. The molecule has 1 saturated heterocycles. The fraction of sp³-hybridized carbons (Fsp3) is 0.286. The van der Waals surface area contributed by atoms with Crippen LogP contribution in [0.4, 0.5) is 5.69 Å². The lowest BCUT2D eigenvalue weighted by atomic mass is 9.97. The number of anilines is 1. The standard InChI is InChI=1S/C21H22N2O3/c1-13-4-9-18(26-3)19-17(13)12-15-10-11-23(20(15)22-19)21(24)14-5-7-16(25-2)8-6-14/h4-9,12,20,22H,10-11H2,1-3H3. The molecule has 0 bridgehead atoms. The molecule has 2 aliphatic rings. The summed E-state index contributed by atoms with van der Waals surface area (Å²) in [5.74, 6) is 1.56. The van der Waals surface area contributed by atoms with Gasteiger partial charge in [0.25, 0.3) is 5.91 Å². The zero-order chi connectivity index (χ0) is 18.3. The maximum atomic E-state index is 13.0. The van der Waals surface area contributed by atoms with E-state index in [0.29, 0.717) is 12.1 Å². The van der Waals surface area contributed by atoms with Crippen LogP contribution in [0.5, 0.6) is 11.5 Å². The Morgan fingerprint density at radius 2 is 1.88 bits per heavy atom. The van der Waals surface area contributed by atoms with Gasteiger partial charge in [0.2, 0.25) is 0 Å². The first-order valence-electron chi connectivity index (χ1n) is 8.72. The molecule has 0 radical (unpaired) electrons. The molecule has 1 amide bonds. The van der Waals surface area contributed by atoms with Crippen molar-refractivity contribution in [2.24, 2.45) is 0 Å². The van der Waals surface area contributed by atoms with E-state index in [-0.39, 0.29) is 12.1 Å². The van der Waals surface area contributed by atoms with Crippen LogP contribution in [0.1, 0.15) is 27.9 Å². The second-order valence-corrected chi connectivity index (χ2v) is 6.62. The Hall–Kier alpha value is -2.95. The van der Waals surface area contributed by atoms with Crippen LogP contribution >= 0.6 is 0 Å². The number of benzene rings is 2. The number of fused-ring (bicyclic) bond motifs is 2. The highest BCUT2D eigenvalue weighted by molar-refractivity contribution is 5.96. The summed E-state index contributed by atoms with van der Waals surface area (Å²) in [6.07, 6.45) is 2.94. The van der Waals surface area contributed by atoms with Crippen LogP contribution in [0.25, 0.3) is 6.08 Å². The highest BCUT2D eigenvalue weighted by Crippen LogP contribution is 2.41. The molecule has 1 N–H and O–H groups in total. The van der Waals surface area contributed by atoms with E-state index in [4.69, 9.17) is 9.47 Å². The Labute approximate surface area is 153 Å². The van der Waals surface area contributed by atoms with E-state index in [2.05, 4.69) is 24.4 Å². The summed E-state index contributed by atoms with van der Waals surface area (Å²) in [4.78, 5) is 14.9. The van der Waals surface area contributed by atoms with E-state index in [1.165, 1.54) is 11.1 Å². The van der Waals surface area contributed by atoms with Crippen molar-refractivity contribution in [3.05, 3.63) is 58.7 Å². The first-order valence-corrected chi connectivity index (χ1v) is 8.72. The lowest BCUT2D eigenvalue weighted by Crippen LogP contribution is -2.42. The number of carbonyl (C=O) groups is 1. The van der Waals surface area contributed by atoms with Crippen molar-refractivity contribution in [2.45, 2.75) is 19.5 Å². The molecule has 134 valence electrons. The fourth-order valence-corrected chi connectivity index (χ4v) is 3.69. The fourth-order valence-electron chi connectivity index (χ4n) is 3.69. The third-order valence-electron chi connectivity index (χ3n) is 5.16. The van der Waals surface area contributed by atoms with Crippen molar-refractivity contribution in [1.29, 1.82) is 0 Å². The van der Waals surface area contributed by atoms with Gasteiger partial charge in [0, 0.05) is 17.7 Å². The smallest absolute Gasteiger partial charge is 0.255 e. The molecule has 2 aliphatic heterocycles. The minimum absolute atomic E-state index is 0.0172. The number of carbonyl (C=O) groups excluding carboxylic acids is 1. The SMILES string of the molecule is COc1ccc(C(=O)N2CCC3=Cc4c(C)ccc(OC)c4NC32)cc1. The largest absolute Gasteiger partial charge is 0.497 e. The van der Waals surface area contributed by atoms with E-state index < -0.39 is 0 Å². The predicted octanol–water partition coefficient (Wildman–Crippen LogP) is 3.69. The van der Waals surface area contributed by atoms with Gasteiger partial charge in [-0.2, -0.15) is 0 Å². The molecule has 2 aromatic rings. The van der Waals surface area contributed by atoms with Gasteiger partial charge in [-0.05, 0) is 60.9 Å². The summed E-state index contributed by atoms with van der Waals surface area (Å²) in [5, 5.41) is 3.53. The van der Waals surface area contributed by atoms with Gasteiger partial charge < -0.3 is 19.7 Å². The van der Waals surface area contributed by atoms with Gasteiger partial charge in [0.15, 0.2) is 0 Å². The predicted molar refractivity (Wildman–Crippen MR) is 102 cm³/mol. The third kappa shape index (κ3) is 2.60. The molecule has 1 atom stereocenters. The molecule has 1 fully saturated rings. The second kappa shape index (κ2) is 6.41. The van der Waals surface area contributed by atoms with Gasteiger partial charge in [-0.3, -0.25) is 4.79 Å². The number of amides is 1. The van der Waals surface area contributed by atoms with Gasteiger partial charge in [0.1, 0.15) is 17.7 Å². The number of rotatable bonds is 3. The molecular formula is C21H22N2O3. The third-order valence-corrected chi connectivity index (χ3v) is 5.16. The summed E-state index contributed by atoms with van der Waals surface area (Å²) in [5.41, 5.74) is 5.19. The molecule has 0 spiro atoms. The zero-order valence-corrected chi connectivity index (χ0v) is 15.2. The van der Waals surface area contributed by atoms with Crippen molar-refractivity contribution in [3.63, 3.8) is 0 Å². The van der Waals surface area contributed by atoms with Crippen molar-refractivity contribution < 1.29 is 14.3 Å². The number of aryl methyl sites for hydroxylation is 1. The molecule has 0 aliphatic carbocycles. The van der Waals surface area contributed by atoms with E-state index >= 15 is 0 Å². The van der Waals surface area contributed by atoms with Crippen LogP contribution in [0.3, 0.4) is 0 Å². The summed E-state index contributed by atoms with van der Waals surface area (Å²) in [7, 11) is 3.29. The van der Waals surface area contributed by atoms with Crippen LogP contribution < -0.4 is 14.8 Å². The van der Waals surface area contributed by atoms with E-state index in [1.807, 2.05) is 35.2 Å². The Kier molecular flexibility index (Phi) is 4.07. The highest BCUT2D eigenvalue weighted by atomic mass is 16.5. The quantitative estimate of drug-likeness (QED) is 0.917. The molecule has 1 unspecified atom stereocenters. The number of hydrogen-bond acceptors (Lipinski definition) is 4. The van der Waals surface area contributed by atoms with Crippen molar-refractivity contribution in [3.8, 4) is 11.5 Å². The van der Waals surface area contributed by atoms with Gasteiger partial charge in [-0.25, -0.2) is 0 Å². The van der Waals surface area contributed by atoms with Gasteiger partial charge in [-0.1, -0.05) is 6.07 Å². The molecule has 5 nitrogen and oxygen atoms in total. The molecule has 4 rings (SSSR count). The van der Waals surface area contributed by atoms with Crippen molar-refractivity contribution in [2.75, 3.05) is 26.1 Å². The summed E-state index contributed by atoms with van der Waals surface area (Å²) in [6.45, 7) is 2.79. The first-order chi connectivity index (χ1) is 12.6. The maximum absolute atomic E-state index is 13.0. The minimum Gasteiger partial charge on any atom is -0.497 e. The molecular weight excluding hydrogens is 328 g/mol. The molecule has 26 heavy (non-hydrogen) atoms. The van der Waals surface area contributed by atoms with Gasteiger partial charge in [-0.15, -0.1) is 0 Å². The Bertz CT molecular complexity index is 887. The van der Waals surface area contributed by atoms with E-state index in [1.54, 1.807) is 14.2 Å². The van der Waals surface area contributed by atoms with Gasteiger partial charge in [0.05, 0.1) is 19.9 Å². The van der Waals surface area contributed by atoms with E-state index in [0.717, 1.165) is 29.2 Å². The number of methoxy groups -OCH3 is 2. The lowest BCUT2D eigenvalue weighted by molar-refractivity contribution is 0.0760. The first kappa shape index (κ1) is 16.5. The van der Waals surface area contributed by atoms with Crippen LogP contribution in [0, 0.1) is 6.92 Å². The molecule has 5 heteroatoms. The van der Waals surface area contributed by atoms with Crippen LogP contribution in [-0.4, -0.2) is 37.7 Å². The average molecular weight is 350 g/mol.